The van der Waals surface area contributed by atoms with Gasteiger partial charge in [0.1, 0.15) is 10.0 Å². The monoisotopic (exact) mass is 269 g/mol. The van der Waals surface area contributed by atoms with Gasteiger partial charge in [-0.1, -0.05) is 0 Å². The maximum atomic E-state index is 5.38. The number of hydrogen-bond donors (Lipinski definition) is 1. The van der Waals surface area contributed by atoms with Crippen molar-refractivity contribution in [3.8, 4) is 0 Å². The average Bonchev–Trinajstić information content (AvgIpc) is 2.77. The Balaban J connectivity index is 1.82. The van der Waals surface area contributed by atoms with Gasteiger partial charge in [0, 0.05) is 37.6 Å². The summed E-state index contributed by atoms with van der Waals surface area (Å²) in [6.07, 6.45) is 3.15. The molecule has 1 fully saturated rings. The molecule has 0 amide bonds. The Labute approximate surface area is 113 Å². The third-order valence-corrected chi connectivity index (χ3v) is 4.19. The van der Waals surface area contributed by atoms with Crippen molar-refractivity contribution in [1.82, 2.24) is 15.5 Å². The Kier molecular flexibility index (Phi) is 4.70. The number of aromatic nitrogens is 2. The summed E-state index contributed by atoms with van der Waals surface area (Å²) in [7, 11) is 0. The summed E-state index contributed by atoms with van der Waals surface area (Å²) in [5, 5.41) is 14.5. The van der Waals surface area contributed by atoms with E-state index < -0.39 is 0 Å². The van der Waals surface area contributed by atoms with Gasteiger partial charge in [0.15, 0.2) is 0 Å². The van der Waals surface area contributed by atoms with Gasteiger partial charge in [-0.05, 0) is 33.6 Å². The van der Waals surface area contributed by atoms with Gasteiger partial charge in [-0.15, -0.1) is 21.5 Å². The van der Waals surface area contributed by atoms with E-state index in [2.05, 4.69) is 36.3 Å². The number of nitrogens with one attached hydrogen (secondary N) is 1. The van der Waals surface area contributed by atoms with Crippen LogP contribution in [0.1, 0.15) is 49.5 Å². The molecule has 0 radical (unpaired) electrons. The van der Waals surface area contributed by atoms with Crippen LogP contribution < -0.4 is 5.32 Å². The lowest BCUT2D eigenvalue weighted by molar-refractivity contribution is 0.0851. The molecule has 0 saturated carbocycles. The van der Waals surface area contributed by atoms with Crippen LogP contribution in [0.25, 0.3) is 0 Å². The Morgan fingerprint density at radius 2 is 2.00 bits per heavy atom. The van der Waals surface area contributed by atoms with Crippen molar-refractivity contribution < 1.29 is 4.74 Å². The molecule has 4 nitrogen and oxygen atoms in total. The summed E-state index contributed by atoms with van der Waals surface area (Å²) in [6.45, 7) is 9.24. The summed E-state index contributed by atoms with van der Waals surface area (Å²) < 4.78 is 5.38. The predicted octanol–water partition coefficient (Wildman–Crippen LogP) is 2.36. The van der Waals surface area contributed by atoms with Crippen LogP contribution in [0, 0.1) is 0 Å². The summed E-state index contributed by atoms with van der Waals surface area (Å²) in [4.78, 5) is 0. The number of nitrogens with zero attached hydrogens (tertiary/aromatic N) is 2. The van der Waals surface area contributed by atoms with Crippen LogP contribution in [0.2, 0.25) is 0 Å². The predicted molar refractivity (Wildman–Crippen MR) is 74.2 cm³/mol. The third-order valence-electron chi connectivity index (χ3n) is 3.05. The molecule has 1 aliphatic rings. The zero-order valence-electron chi connectivity index (χ0n) is 11.5. The molecule has 0 aliphatic carbocycles. The lowest BCUT2D eigenvalue weighted by Gasteiger charge is -2.20. The van der Waals surface area contributed by atoms with Crippen molar-refractivity contribution in [3.63, 3.8) is 0 Å². The topological polar surface area (TPSA) is 47.0 Å². The van der Waals surface area contributed by atoms with E-state index in [0.717, 1.165) is 44.0 Å². The van der Waals surface area contributed by atoms with Crippen molar-refractivity contribution in [1.29, 1.82) is 0 Å². The second-order valence-corrected chi connectivity index (χ2v) is 6.94. The quantitative estimate of drug-likeness (QED) is 0.911. The Morgan fingerprint density at radius 1 is 1.28 bits per heavy atom. The number of hydrogen-bond acceptors (Lipinski definition) is 5. The fraction of sp³-hybridized carbons (Fsp3) is 0.846. The molecule has 102 valence electrons. The summed E-state index contributed by atoms with van der Waals surface area (Å²) in [5.74, 6) is 0.570. The molecule has 2 heterocycles. The second-order valence-electron chi connectivity index (χ2n) is 5.85. The van der Waals surface area contributed by atoms with E-state index in [-0.39, 0.29) is 5.54 Å². The molecule has 5 heteroatoms. The van der Waals surface area contributed by atoms with Crippen molar-refractivity contribution >= 4 is 11.3 Å². The molecular formula is C13H23N3OS. The van der Waals surface area contributed by atoms with Crippen molar-refractivity contribution in [2.24, 2.45) is 0 Å². The smallest absolute Gasteiger partial charge is 0.120 e. The highest BCUT2D eigenvalue weighted by Gasteiger charge is 2.20. The standard InChI is InChI=1S/C13H23N3OS/c1-13(2,3)14-7-4-11-15-16-12(18-11)10-5-8-17-9-6-10/h10,14H,4-9H2,1-3H3. The normalized spacial score (nSPS) is 18.2. The van der Waals surface area contributed by atoms with Gasteiger partial charge in [-0.25, -0.2) is 0 Å². The van der Waals surface area contributed by atoms with Gasteiger partial charge < -0.3 is 10.1 Å². The Morgan fingerprint density at radius 3 is 2.67 bits per heavy atom. The average molecular weight is 269 g/mol. The molecule has 0 unspecified atom stereocenters. The minimum absolute atomic E-state index is 0.175. The van der Waals surface area contributed by atoms with E-state index in [0.29, 0.717) is 5.92 Å². The SMILES string of the molecule is CC(C)(C)NCCc1nnc(C2CCOCC2)s1. The van der Waals surface area contributed by atoms with Crippen LogP contribution in [-0.2, 0) is 11.2 Å². The van der Waals surface area contributed by atoms with Crippen LogP contribution in [0.3, 0.4) is 0 Å². The van der Waals surface area contributed by atoms with E-state index in [4.69, 9.17) is 4.74 Å². The van der Waals surface area contributed by atoms with Gasteiger partial charge in [0.2, 0.25) is 0 Å². The third kappa shape index (κ3) is 4.30. The molecule has 1 aliphatic heterocycles. The first-order valence-electron chi connectivity index (χ1n) is 6.70. The molecule has 0 bridgehead atoms. The molecule has 0 spiro atoms. The van der Waals surface area contributed by atoms with E-state index >= 15 is 0 Å². The van der Waals surface area contributed by atoms with Gasteiger partial charge in [0.05, 0.1) is 0 Å². The Hall–Kier alpha value is -0.520. The van der Waals surface area contributed by atoms with Crippen LogP contribution in [0.15, 0.2) is 0 Å². The second kappa shape index (κ2) is 6.08. The van der Waals surface area contributed by atoms with Gasteiger partial charge in [-0.3, -0.25) is 0 Å². The molecule has 1 aromatic heterocycles. The maximum absolute atomic E-state index is 5.38. The molecule has 2 rings (SSSR count). The highest BCUT2D eigenvalue weighted by atomic mass is 32.1. The highest BCUT2D eigenvalue weighted by Crippen LogP contribution is 2.29. The molecule has 18 heavy (non-hydrogen) atoms. The highest BCUT2D eigenvalue weighted by molar-refractivity contribution is 7.11. The minimum atomic E-state index is 0.175. The zero-order valence-corrected chi connectivity index (χ0v) is 12.3. The first kappa shape index (κ1) is 13.9. The first-order chi connectivity index (χ1) is 8.54. The number of rotatable bonds is 4. The largest absolute Gasteiger partial charge is 0.381 e. The minimum Gasteiger partial charge on any atom is -0.381 e. The van der Waals surface area contributed by atoms with Gasteiger partial charge in [0.25, 0.3) is 0 Å². The molecule has 1 aromatic rings. The van der Waals surface area contributed by atoms with Crippen LogP contribution in [0.4, 0.5) is 0 Å². The van der Waals surface area contributed by atoms with E-state index in [1.165, 1.54) is 5.01 Å². The van der Waals surface area contributed by atoms with E-state index in [9.17, 15) is 0 Å². The fourth-order valence-electron chi connectivity index (χ4n) is 2.02. The Bertz CT molecular complexity index is 367. The molecule has 0 atom stereocenters. The van der Waals surface area contributed by atoms with Crippen molar-refractivity contribution in [3.05, 3.63) is 10.0 Å². The lowest BCUT2D eigenvalue weighted by atomic mass is 10.0. The molecule has 1 saturated heterocycles. The number of ether oxygens (including phenoxy) is 1. The summed E-state index contributed by atoms with van der Waals surface area (Å²) in [5.41, 5.74) is 0.175. The van der Waals surface area contributed by atoms with Crippen LogP contribution in [-0.4, -0.2) is 35.5 Å². The van der Waals surface area contributed by atoms with E-state index in [1.54, 1.807) is 11.3 Å². The molecular weight excluding hydrogens is 246 g/mol. The molecule has 0 aromatic carbocycles. The first-order valence-corrected chi connectivity index (χ1v) is 7.51. The fourth-order valence-corrected chi connectivity index (χ4v) is 3.03. The van der Waals surface area contributed by atoms with Crippen molar-refractivity contribution in [2.75, 3.05) is 19.8 Å². The lowest BCUT2D eigenvalue weighted by Crippen LogP contribution is -2.37. The van der Waals surface area contributed by atoms with Gasteiger partial charge in [-0.2, -0.15) is 0 Å². The molecule has 1 N–H and O–H groups in total. The van der Waals surface area contributed by atoms with Crippen LogP contribution >= 0.6 is 11.3 Å². The van der Waals surface area contributed by atoms with Crippen molar-refractivity contribution in [2.45, 2.75) is 51.5 Å². The maximum Gasteiger partial charge on any atom is 0.120 e. The van der Waals surface area contributed by atoms with Gasteiger partial charge >= 0.3 is 0 Å². The summed E-state index contributed by atoms with van der Waals surface area (Å²) >= 11 is 1.77. The zero-order chi connectivity index (χ0) is 13.0. The van der Waals surface area contributed by atoms with E-state index in [1.807, 2.05) is 0 Å². The van der Waals surface area contributed by atoms with Crippen LogP contribution in [0.5, 0.6) is 0 Å². The summed E-state index contributed by atoms with van der Waals surface area (Å²) in [6, 6.07) is 0.